The average molecular weight is 262 g/mol. The predicted molar refractivity (Wildman–Crippen MR) is 59.1 cm³/mol. The Hall–Kier alpha value is -0.190. The van der Waals surface area contributed by atoms with Gasteiger partial charge in [-0.05, 0) is 31.2 Å². The van der Waals surface area contributed by atoms with Gasteiger partial charge in [-0.1, -0.05) is 22.0 Å². The van der Waals surface area contributed by atoms with Gasteiger partial charge in [0.2, 0.25) is 0 Å². The van der Waals surface area contributed by atoms with Crippen molar-refractivity contribution < 1.29 is 4.21 Å². The van der Waals surface area contributed by atoms with Crippen molar-refractivity contribution >= 4 is 26.7 Å². The molecule has 4 heteroatoms. The van der Waals surface area contributed by atoms with Gasteiger partial charge in [0.1, 0.15) is 0 Å². The Bertz CT molecular complexity index is 303. The van der Waals surface area contributed by atoms with Crippen LogP contribution < -0.4 is 5.73 Å². The van der Waals surface area contributed by atoms with E-state index in [2.05, 4.69) is 15.9 Å². The summed E-state index contributed by atoms with van der Waals surface area (Å²) in [5, 5.41) is 0. The van der Waals surface area contributed by atoms with Gasteiger partial charge in [0.15, 0.2) is 0 Å². The van der Waals surface area contributed by atoms with Crippen molar-refractivity contribution in [3.63, 3.8) is 0 Å². The van der Waals surface area contributed by atoms with Crippen LogP contribution in [0.5, 0.6) is 0 Å². The van der Waals surface area contributed by atoms with Crippen LogP contribution in [0.25, 0.3) is 0 Å². The fourth-order valence-electron chi connectivity index (χ4n) is 0.941. The first-order valence-electron chi connectivity index (χ1n) is 4.08. The van der Waals surface area contributed by atoms with Crippen LogP contribution in [0.2, 0.25) is 0 Å². The van der Waals surface area contributed by atoms with Crippen molar-refractivity contribution in [3.05, 3.63) is 28.7 Å². The fourth-order valence-corrected chi connectivity index (χ4v) is 2.64. The molecule has 0 radical (unpaired) electrons. The van der Waals surface area contributed by atoms with Crippen LogP contribution in [0, 0.1) is 0 Å². The number of halogens is 1. The number of rotatable bonds is 4. The number of benzene rings is 1. The van der Waals surface area contributed by atoms with Crippen LogP contribution in [0.1, 0.15) is 6.42 Å². The minimum absolute atomic E-state index is 0.597. The molecule has 0 aliphatic rings. The number of nitrogens with two attached hydrogens (primary N) is 1. The van der Waals surface area contributed by atoms with Gasteiger partial charge >= 0.3 is 0 Å². The third kappa shape index (κ3) is 3.58. The molecule has 72 valence electrons. The molecular weight excluding hydrogens is 250 g/mol. The Morgan fingerprint density at radius 2 is 2.23 bits per heavy atom. The van der Waals surface area contributed by atoms with Crippen molar-refractivity contribution in [1.82, 2.24) is 0 Å². The summed E-state index contributed by atoms with van der Waals surface area (Å²) in [4.78, 5) is 0.864. The minimum atomic E-state index is -0.904. The summed E-state index contributed by atoms with van der Waals surface area (Å²) in [6, 6.07) is 7.56. The molecule has 2 N–H and O–H groups in total. The van der Waals surface area contributed by atoms with Crippen molar-refractivity contribution in [1.29, 1.82) is 0 Å². The smallest absolute Gasteiger partial charge is 0.0530 e. The van der Waals surface area contributed by atoms with Crippen LogP contribution in [-0.4, -0.2) is 16.5 Å². The molecule has 1 aromatic rings. The standard InChI is InChI=1S/C9H12BrNOS/c10-8-3-1-4-9(7-8)13(12)6-2-5-11/h1,3-4,7H,2,5-6,11H2. The van der Waals surface area contributed by atoms with Crippen LogP contribution in [0.15, 0.2) is 33.6 Å². The van der Waals surface area contributed by atoms with Gasteiger partial charge in [0.25, 0.3) is 0 Å². The number of hydrogen-bond acceptors (Lipinski definition) is 2. The summed E-state index contributed by atoms with van der Waals surface area (Å²) >= 11 is 3.34. The molecular formula is C9H12BrNOS. The largest absolute Gasteiger partial charge is 0.330 e. The maximum absolute atomic E-state index is 11.6. The Morgan fingerprint density at radius 1 is 1.46 bits per heavy atom. The van der Waals surface area contributed by atoms with E-state index >= 15 is 0 Å². The Labute approximate surface area is 89.1 Å². The first kappa shape index (κ1) is 10.9. The van der Waals surface area contributed by atoms with Crippen LogP contribution in [0.3, 0.4) is 0 Å². The van der Waals surface area contributed by atoms with Crippen LogP contribution in [-0.2, 0) is 10.8 Å². The van der Waals surface area contributed by atoms with Gasteiger partial charge in [-0.3, -0.25) is 4.21 Å². The van der Waals surface area contributed by atoms with E-state index in [1.54, 1.807) is 0 Å². The quantitative estimate of drug-likeness (QED) is 0.900. The van der Waals surface area contributed by atoms with Crippen molar-refractivity contribution in [2.75, 3.05) is 12.3 Å². The van der Waals surface area contributed by atoms with Gasteiger partial charge in [-0.15, -0.1) is 0 Å². The molecule has 2 nitrogen and oxygen atoms in total. The van der Waals surface area contributed by atoms with Crippen molar-refractivity contribution in [2.24, 2.45) is 5.73 Å². The topological polar surface area (TPSA) is 43.1 Å². The van der Waals surface area contributed by atoms with E-state index in [4.69, 9.17) is 5.73 Å². The lowest BCUT2D eigenvalue weighted by Crippen LogP contribution is -2.05. The molecule has 0 saturated carbocycles. The summed E-state index contributed by atoms with van der Waals surface area (Å²) in [6.45, 7) is 0.597. The summed E-state index contributed by atoms with van der Waals surface area (Å²) in [7, 11) is -0.904. The normalized spacial score (nSPS) is 12.8. The SMILES string of the molecule is NCCCS(=O)c1cccc(Br)c1. The highest BCUT2D eigenvalue weighted by molar-refractivity contribution is 9.10. The van der Waals surface area contributed by atoms with Gasteiger partial charge in [0.05, 0.1) is 10.8 Å². The molecule has 0 heterocycles. The van der Waals surface area contributed by atoms with Crippen LogP contribution >= 0.6 is 15.9 Å². The molecule has 13 heavy (non-hydrogen) atoms. The lowest BCUT2D eigenvalue weighted by Gasteiger charge is -2.01. The third-order valence-corrected chi connectivity index (χ3v) is 3.53. The van der Waals surface area contributed by atoms with Gasteiger partial charge in [-0.2, -0.15) is 0 Å². The molecule has 0 bridgehead atoms. The highest BCUT2D eigenvalue weighted by Crippen LogP contribution is 2.14. The first-order valence-corrected chi connectivity index (χ1v) is 6.19. The zero-order valence-corrected chi connectivity index (χ0v) is 9.61. The molecule has 1 rings (SSSR count). The third-order valence-electron chi connectivity index (χ3n) is 1.59. The van der Waals surface area contributed by atoms with Crippen LogP contribution in [0.4, 0.5) is 0 Å². The molecule has 0 fully saturated rings. The summed E-state index contributed by atoms with van der Waals surface area (Å²) in [6.07, 6.45) is 0.805. The second-order valence-corrected chi connectivity index (χ2v) is 5.14. The zero-order valence-electron chi connectivity index (χ0n) is 7.20. The average Bonchev–Trinajstić information content (AvgIpc) is 2.14. The van der Waals surface area contributed by atoms with E-state index in [-0.39, 0.29) is 0 Å². The predicted octanol–water partition coefficient (Wildman–Crippen LogP) is 1.91. The Kier molecular flexibility index (Phi) is 4.62. The molecule has 0 aliphatic heterocycles. The Morgan fingerprint density at radius 3 is 2.85 bits per heavy atom. The molecule has 1 aromatic carbocycles. The lowest BCUT2D eigenvalue weighted by molar-refractivity contribution is 0.680. The summed E-state index contributed by atoms with van der Waals surface area (Å²) < 4.78 is 12.6. The van der Waals surface area contributed by atoms with Gasteiger partial charge < -0.3 is 5.73 Å². The maximum atomic E-state index is 11.6. The van der Waals surface area contributed by atoms with Gasteiger partial charge in [0, 0.05) is 15.1 Å². The molecule has 1 atom stereocenters. The molecule has 1 unspecified atom stereocenters. The lowest BCUT2D eigenvalue weighted by atomic mass is 10.4. The second kappa shape index (κ2) is 5.52. The molecule has 0 amide bonds. The highest BCUT2D eigenvalue weighted by Gasteiger charge is 2.02. The summed E-state index contributed by atoms with van der Waals surface area (Å²) in [5.41, 5.74) is 5.34. The van der Waals surface area contributed by atoms with Gasteiger partial charge in [-0.25, -0.2) is 0 Å². The first-order chi connectivity index (χ1) is 6.24. The summed E-state index contributed by atoms with van der Waals surface area (Å²) in [5.74, 6) is 0.646. The maximum Gasteiger partial charge on any atom is 0.0530 e. The molecule has 0 spiro atoms. The van der Waals surface area contributed by atoms with E-state index in [1.165, 1.54) is 0 Å². The minimum Gasteiger partial charge on any atom is -0.330 e. The monoisotopic (exact) mass is 261 g/mol. The highest BCUT2D eigenvalue weighted by atomic mass is 79.9. The van der Waals surface area contributed by atoms with Crippen molar-refractivity contribution in [3.8, 4) is 0 Å². The van der Waals surface area contributed by atoms with E-state index in [0.717, 1.165) is 15.8 Å². The van der Waals surface area contributed by atoms with E-state index in [1.807, 2.05) is 24.3 Å². The number of hydrogen-bond donors (Lipinski definition) is 1. The van der Waals surface area contributed by atoms with E-state index in [0.29, 0.717) is 12.3 Å². The van der Waals surface area contributed by atoms with Crippen molar-refractivity contribution in [2.45, 2.75) is 11.3 Å². The Balaban J connectivity index is 2.66. The van der Waals surface area contributed by atoms with E-state index in [9.17, 15) is 4.21 Å². The molecule has 0 saturated heterocycles. The molecule has 0 aliphatic carbocycles. The second-order valence-electron chi connectivity index (χ2n) is 2.65. The zero-order chi connectivity index (χ0) is 9.68. The van der Waals surface area contributed by atoms with E-state index < -0.39 is 10.8 Å². The molecule has 0 aromatic heterocycles. The fraction of sp³-hybridized carbons (Fsp3) is 0.333.